The summed E-state index contributed by atoms with van der Waals surface area (Å²) in [4.78, 5) is 10.8. The smallest absolute Gasteiger partial charge is 0.335 e. The van der Waals surface area contributed by atoms with Gasteiger partial charge in [0.2, 0.25) is 0 Å². The van der Waals surface area contributed by atoms with E-state index >= 15 is 0 Å². The average Bonchev–Trinajstić information content (AvgIpc) is 2.52. The SMILES string of the molecule is COc1cc(/C=C/c2ccc(C(=O)O)cc2)cc(OC)c1. The molecule has 2 rings (SSSR count). The molecule has 0 aliphatic rings. The summed E-state index contributed by atoms with van der Waals surface area (Å²) in [5.74, 6) is 0.508. The molecule has 108 valence electrons. The largest absolute Gasteiger partial charge is 0.497 e. The highest BCUT2D eigenvalue weighted by molar-refractivity contribution is 5.88. The molecule has 0 amide bonds. The third-order valence-corrected chi connectivity index (χ3v) is 3.00. The Hall–Kier alpha value is -2.75. The van der Waals surface area contributed by atoms with E-state index in [1.165, 1.54) is 0 Å². The van der Waals surface area contributed by atoms with Crippen LogP contribution in [0.1, 0.15) is 21.5 Å². The van der Waals surface area contributed by atoms with E-state index in [4.69, 9.17) is 14.6 Å². The van der Waals surface area contributed by atoms with Crippen LogP contribution in [0.25, 0.3) is 12.2 Å². The second-order valence-electron chi connectivity index (χ2n) is 4.41. The Morgan fingerprint density at radius 1 is 0.905 bits per heavy atom. The summed E-state index contributed by atoms with van der Waals surface area (Å²) in [5, 5.41) is 8.85. The fourth-order valence-electron chi connectivity index (χ4n) is 1.85. The minimum absolute atomic E-state index is 0.273. The van der Waals surface area contributed by atoms with Gasteiger partial charge in [0.1, 0.15) is 11.5 Å². The van der Waals surface area contributed by atoms with Gasteiger partial charge in [-0.15, -0.1) is 0 Å². The second-order valence-corrected chi connectivity index (χ2v) is 4.41. The summed E-state index contributed by atoms with van der Waals surface area (Å²) in [6.07, 6.45) is 3.82. The van der Waals surface area contributed by atoms with Crippen LogP contribution in [-0.2, 0) is 0 Å². The molecule has 0 bridgehead atoms. The van der Waals surface area contributed by atoms with Gasteiger partial charge in [-0.05, 0) is 35.4 Å². The minimum atomic E-state index is -0.928. The van der Waals surface area contributed by atoms with Crippen molar-refractivity contribution in [1.82, 2.24) is 0 Å². The maximum atomic E-state index is 10.8. The van der Waals surface area contributed by atoms with Gasteiger partial charge < -0.3 is 14.6 Å². The van der Waals surface area contributed by atoms with E-state index in [9.17, 15) is 4.79 Å². The molecule has 4 nitrogen and oxygen atoms in total. The lowest BCUT2D eigenvalue weighted by Gasteiger charge is -2.05. The number of carboxylic acids is 1. The van der Waals surface area contributed by atoms with Crippen molar-refractivity contribution in [3.8, 4) is 11.5 Å². The van der Waals surface area contributed by atoms with Crippen LogP contribution in [0.4, 0.5) is 0 Å². The first kappa shape index (κ1) is 14.7. The van der Waals surface area contributed by atoms with E-state index < -0.39 is 5.97 Å². The number of benzene rings is 2. The predicted molar refractivity (Wildman–Crippen MR) is 81.9 cm³/mol. The van der Waals surface area contributed by atoms with Crippen LogP contribution >= 0.6 is 0 Å². The van der Waals surface area contributed by atoms with Crippen molar-refractivity contribution >= 4 is 18.1 Å². The van der Waals surface area contributed by atoms with Crippen molar-refractivity contribution in [2.45, 2.75) is 0 Å². The molecule has 0 unspecified atom stereocenters. The van der Waals surface area contributed by atoms with Gasteiger partial charge in [-0.3, -0.25) is 0 Å². The highest BCUT2D eigenvalue weighted by Gasteiger charge is 2.01. The molecule has 21 heavy (non-hydrogen) atoms. The van der Waals surface area contributed by atoms with E-state index in [1.54, 1.807) is 44.6 Å². The molecule has 1 N–H and O–H groups in total. The molecule has 4 heteroatoms. The molecule has 0 saturated heterocycles. The number of aromatic carboxylic acids is 1. The van der Waals surface area contributed by atoms with E-state index in [-0.39, 0.29) is 5.56 Å². The maximum Gasteiger partial charge on any atom is 0.335 e. The first-order chi connectivity index (χ1) is 10.1. The first-order valence-electron chi connectivity index (χ1n) is 6.37. The summed E-state index contributed by atoms with van der Waals surface area (Å²) in [6, 6.07) is 12.3. The Balaban J connectivity index is 2.22. The fourth-order valence-corrected chi connectivity index (χ4v) is 1.85. The van der Waals surface area contributed by atoms with Crippen molar-refractivity contribution in [1.29, 1.82) is 0 Å². The van der Waals surface area contributed by atoms with Crippen LogP contribution in [-0.4, -0.2) is 25.3 Å². The lowest BCUT2D eigenvalue weighted by atomic mass is 10.1. The van der Waals surface area contributed by atoms with E-state index in [0.717, 1.165) is 22.6 Å². The van der Waals surface area contributed by atoms with Gasteiger partial charge in [0.25, 0.3) is 0 Å². The van der Waals surface area contributed by atoms with Gasteiger partial charge >= 0.3 is 5.97 Å². The van der Waals surface area contributed by atoms with Crippen molar-refractivity contribution in [2.24, 2.45) is 0 Å². The number of hydrogen-bond donors (Lipinski definition) is 1. The summed E-state index contributed by atoms with van der Waals surface area (Å²) in [6.45, 7) is 0. The Labute approximate surface area is 123 Å². The quantitative estimate of drug-likeness (QED) is 0.853. The Bertz CT molecular complexity index is 635. The third-order valence-electron chi connectivity index (χ3n) is 3.00. The molecule has 0 spiro atoms. The highest BCUT2D eigenvalue weighted by atomic mass is 16.5. The monoisotopic (exact) mass is 284 g/mol. The third kappa shape index (κ3) is 3.86. The van der Waals surface area contributed by atoms with Gasteiger partial charge in [-0.1, -0.05) is 24.3 Å². The predicted octanol–water partition coefficient (Wildman–Crippen LogP) is 3.57. The van der Waals surface area contributed by atoms with Crippen LogP contribution in [0.15, 0.2) is 42.5 Å². The molecular formula is C17H16O4. The lowest BCUT2D eigenvalue weighted by Crippen LogP contribution is -1.94. The molecule has 0 atom stereocenters. The second kappa shape index (κ2) is 6.61. The maximum absolute atomic E-state index is 10.8. The molecule has 2 aromatic rings. The fraction of sp³-hybridized carbons (Fsp3) is 0.118. The van der Waals surface area contributed by atoms with Gasteiger partial charge in [0.05, 0.1) is 19.8 Å². The molecule has 0 radical (unpaired) electrons. The molecular weight excluding hydrogens is 268 g/mol. The zero-order chi connectivity index (χ0) is 15.2. The van der Waals surface area contributed by atoms with Crippen molar-refractivity contribution in [3.05, 3.63) is 59.2 Å². The van der Waals surface area contributed by atoms with Gasteiger partial charge in [-0.2, -0.15) is 0 Å². The van der Waals surface area contributed by atoms with Gasteiger partial charge in [0.15, 0.2) is 0 Å². The topological polar surface area (TPSA) is 55.8 Å². The summed E-state index contributed by atoms with van der Waals surface area (Å²) in [7, 11) is 3.21. The van der Waals surface area contributed by atoms with Crippen LogP contribution < -0.4 is 9.47 Å². The molecule has 0 aliphatic carbocycles. The summed E-state index contributed by atoms with van der Waals surface area (Å²) < 4.78 is 10.4. The molecule has 0 aliphatic heterocycles. The normalized spacial score (nSPS) is 10.6. The van der Waals surface area contributed by atoms with Crippen molar-refractivity contribution < 1.29 is 19.4 Å². The molecule has 0 aromatic heterocycles. The minimum Gasteiger partial charge on any atom is -0.497 e. The zero-order valence-electron chi connectivity index (χ0n) is 11.9. The summed E-state index contributed by atoms with van der Waals surface area (Å²) >= 11 is 0. The number of ether oxygens (including phenoxy) is 2. The van der Waals surface area contributed by atoms with Gasteiger partial charge in [-0.25, -0.2) is 4.79 Å². The van der Waals surface area contributed by atoms with Crippen LogP contribution in [0, 0.1) is 0 Å². The molecule has 0 fully saturated rings. The molecule has 0 heterocycles. The number of carbonyl (C=O) groups is 1. The molecule has 2 aromatic carbocycles. The van der Waals surface area contributed by atoms with Gasteiger partial charge in [0, 0.05) is 6.07 Å². The Morgan fingerprint density at radius 2 is 1.43 bits per heavy atom. The summed E-state index contributed by atoms with van der Waals surface area (Å²) in [5.41, 5.74) is 2.13. The number of methoxy groups -OCH3 is 2. The number of hydrogen-bond acceptors (Lipinski definition) is 3. The zero-order valence-corrected chi connectivity index (χ0v) is 11.9. The highest BCUT2D eigenvalue weighted by Crippen LogP contribution is 2.23. The first-order valence-corrected chi connectivity index (χ1v) is 6.37. The molecule has 0 saturated carbocycles. The number of rotatable bonds is 5. The van der Waals surface area contributed by atoms with Crippen LogP contribution in [0.3, 0.4) is 0 Å². The van der Waals surface area contributed by atoms with Crippen LogP contribution in [0.5, 0.6) is 11.5 Å². The standard InChI is InChI=1S/C17H16O4/c1-20-15-9-13(10-16(11-15)21-2)4-3-12-5-7-14(8-6-12)17(18)19/h3-11H,1-2H3,(H,18,19)/b4-3+. The Morgan fingerprint density at radius 3 is 1.90 bits per heavy atom. The lowest BCUT2D eigenvalue weighted by molar-refractivity contribution is 0.0697. The van der Waals surface area contributed by atoms with E-state index in [1.807, 2.05) is 24.3 Å². The Kier molecular flexibility index (Phi) is 4.61. The van der Waals surface area contributed by atoms with Crippen LogP contribution in [0.2, 0.25) is 0 Å². The van der Waals surface area contributed by atoms with Crippen molar-refractivity contribution in [2.75, 3.05) is 14.2 Å². The average molecular weight is 284 g/mol. The van der Waals surface area contributed by atoms with E-state index in [2.05, 4.69) is 0 Å². The van der Waals surface area contributed by atoms with E-state index in [0.29, 0.717) is 0 Å². The number of carboxylic acid groups (broad SMARTS) is 1. The van der Waals surface area contributed by atoms with Crippen molar-refractivity contribution in [3.63, 3.8) is 0 Å².